The molecule has 2 aliphatic heterocycles. The van der Waals surface area contributed by atoms with Crippen molar-refractivity contribution in [2.75, 3.05) is 42.9 Å². The summed E-state index contributed by atoms with van der Waals surface area (Å²) in [5.41, 5.74) is 0.769. The van der Waals surface area contributed by atoms with Crippen LogP contribution < -0.4 is 10.2 Å². The lowest BCUT2D eigenvalue weighted by Crippen LogP contribution is -2.56. The van der Waals surface area contributed by atoms with Crippen molar-refractivity contribution in [3.63, 3.8) is 0 Å². The van der Waals surface area contributed by atoms with Crippen molar-refractivity contribution in [3.8, 4) is 0 Å². The summed E-state index contributed by atoms with van der Waals surface area (Å²) in [6.07, 6.45) is -0.368. The van der Waals surface area contributed by atoms with Crippen molar-refractivity contribution < 1.29 is 19.1 Å². The first kappa shape index (κ1) is 18.0. The van der Waals surface area contributed by atoms with Crippen LogP contribution in [0.5, 0.6) is 0 Å². The number of fused-ring (bicyclic) bond motifs is 1. The Kier molecular flexibility index (Phi) is 4.76. The fourth-order valence-corrected chi connectivity index (χ4v) is 2.98. The number of hydrogen-bond donors (Lipinski definition) is 1. The second kappa shape index (κ2) is 6.86. The molecule has 8 heteroatoms. The van der Waals surface area contributed by atoms with Gasteiger partial charge in [-0.25, -0.2) is 9.59 Å². The molecule has 1 saturated heterocycles. The molecule has 0 unspecified atom stereocenters. The Morgan fingerprint density at radius 1 is 1.04 bits per heavy atom. The van der Waals surface area contributed by atoms with Gasteiger partial charge in [0.1, 0.15) is 12.1 Å². The lowest BCUT2D eigenvalue weighted by atomic mass is 10.2. The minimum Gasteiger partial charge on any atom is -0.444 e. The second-order valence-corrected chi connectivity index (χ2v) is 7.39. The number of para-hydroxylation sites is 2. The molecule has 0 aliphatic carbocycles. The molecule has 8 nitrogen and oxygen atoms in total. The van der Waals surface area contributed by atoms with Gasteiger partial charge >= 0.3 is 12.1 Å². The Hall–Kier alpha value is -2.77. The topological polar surface area (TPSA) is 82.2 Å². The molecule has 0 spiro atoms. The van der Waals surface area contributed by atoms with Gasteiger partial charge in [0, 0.05) is 26.2 Å². The van der Waals surface area contributed by atoms with Crippen LogP contribution in [-0.2, 0) is 9.53 Å². The average molecular weight is 360 g/mol. The lowest BCUT2D eigenvalue weighted by Gasteiger charge is -2.39. The Morgan fingerprint density at radius 2 is 1.65 bits per heavy atom. The maximum Gasteiger partial charge on any atom is 0.410 e. The Labute approximate surface area is 152 Å². The third-order valence-corrected chi connectivity index (χ3v) is 4.20. The number of carbonyl (C=O) groups is 3. The first-order valence-corrected chi connectivity index (χ1v) is 8.68. The summed E-state index contributed by atoms with van der Waals surface area (Å²) in [7, 11) is 0. The van der Waals surface area contributed by atoms with E-state index in [9.17, 15) is 14.4 Å². The smallest absolute Gasteiger partial charge is 0.410 e. The number of ether oxygens (including phenoxy) is 1. The molecule has 2 aliphatic rings. The number of hydrogen-bond acceptors (Lipinski definition) is 4. The number of nitrogens with zero attached hydrogens (tertiary/aromatic N) is 3. The molecule has 1 N–H and O–H groups in total. The minimum absolute atomic E-state index is 0.0118. The number of carbonyl (C=O) groups excluding carboxylic acids is 3. The fourth-order valence-electron chi connectivity index (χ4n) is 2.98. The van der Waals surface area contributed by atoms with Gasteiger partial charge in [0.2, 0.25) is 5.91 Å². The van der Waals surface area contributed by atoms with Crippen LogP contribution in [0.1, 0.15) is 20.8 Å². The number of rotatable bonds is 0. The number of anilines is 2. The summed E-state index contributed by atoms with van der Waals surface area (Å²) in [6.45, 7) is 7.07. The second-order valence-electron chi connectivity index (χ2n) is 7.39. The van der Waals surface area contributed by atoms with Gasteiger partial charge in [-0.3, -0.25) is 9.69 Å². The van der Waals surface area contributed by atoms with Gasteiger partial charge in [-0.2, -0.15) is 0 Å². The zero-order valence-electron chi connectivity index (χ0n) is 15.3. The van der Waals surface area contributed by atoms with Crippen LogP contribution in [0.2, 0.25) is 0 Å². The van der Waals surface area contributed by atoms with E-state index in [0.29, 0.717) is 37.6 Å². The normalized spacial score (nSPS) is 17.5. The Bertz CT molecular complexity index is 720. The first-order valence-electron chi connectivity index (χ1n) is 8.68. The van der Waals surface area contributed by atoms with Crippen molar-refractivity contribution in [2.45, 2.75) is 26.4 Å². The summed E-state index contributed by atoms with van der Waals surface area (Å²) < 4.78 is 5.37. The summed E-state index contributed by atoms with van der Waals surface area (Å²) >= 11 is 0. The standard InChI is InChI=1S/C18H24N4O4/c1-18(2,3)26-17(25)21-10-8-20(9-11-21)16(24)22-12-15(23)19-13-6-4-5-7-14(13)22/h4-7H,8-12H2,1-3H3,(H,19,23). The van der Waals surface area contributed by atoms with Crippen molar-refractivity contribution in [3.05, 3.63) is 24.3 Å². The molecular weight excluding hydrogens is 336 g/mol. The van der Waals surface area contributed by atoms with Crippen LogP contribution in [-0.4, -0.2) is 66.2 Å². The van der Waals surface area contributed by atoms with Crippen LogP contribution in [0.25, 0.3) is 0 Å². The maximum absolute atomic E-state index is 12.9. The van der Waals surface area contributed by atoms with Crippen LogP contribution in [0.3, 0.4) is 0 Å². The fraction of sp³-hybridized carbons (Fsp3) is 0.500. The highest BCUT2D eigenvalue weighted by molar-refractivity contribution is 6.09. The third-order valence-electron chi connectivity index (χ3n) is 4.20. The predicted molar refractivity (Wildman–Crippen MR) is 97.2 cm³/mol. The van der Waals surface area contributed by atoms with E-state index >= 15 is 0 Å². The molecule has 0 bridgehead atoms. The molecule has 140 valence electrons. The van der Waals surface area contributed by atoms with Crippen molar-refractivity contribution in [1.82, 2.24) is 9.80 Å². The first-order chi connectivity index (χ1) is 12.2. The molecule has 0 saturated carbocycles. The summed E-state index contributed by atoms with van der Waals surface area (Å²) in [4.78, 5) is 41.7. The van der Waals surface area contributed by atoms with Crippen LogP contribution in [0.15, 0.2) is 24.3 Å². The molecule has 3 rings (SSSR count). The van der Waals surface area contributed by atoms with E-state index in [4.69, 9.17) is 4.74 Å². The number of urea groups is 1. The van der Waals surface area contributed by atoms with Gasteiger partial charge in [-0.1, -0.05) is 12.1 Å². The highest BCUT2D eigenvalue weighted by Gasteiger charge is 2.33. The van der Waals surface area contributed by atoms with Gasteiger partial charge < -0.3 is 19.9 Å². The van der Waals surface area contributed by atoms with Gasteiger partial charge in [-0.05, 0) is 32.9 Å². The minimum atomic E-state index is -0.547. The molecule has 0 atom stereocenters. The number of piperazine rings is 1. The zero-order valence-corrected chi connectivity index (χ0v) is 15.3. The highest BCUT2D eigenvalue weighted by Crippen LogP contribution is 2.29. The van der Waals surface area contributed by atoms with Gasteiger partial charge in [0.15, 0.2) is 0 Å². The summed E-state index contributed by atoms with van der Waals surface area (Å²) in [5, 5.41) is 2.77. The Balaban J connectivity index is 1.64. The predicted octanol–water partition coefficient (Wildman–Crippen LogP) is 2.12. The molecule has 0 aromatic heterocycles. The molecule has 2 heterocycles. The monoisotopic (exact) mass is 360 g/mol. The van der Waals surface area contributed by atoms with E-state index in [2.05, 4.69) is 5.32 Å². The molecule has 1 aromatic rings. The number of nitrogens with one attached hydrogen (secondary N) is 1. The van der Waals surface area contributed by atoms with Crippen molar-refractivity contribution >= 4 is 29.4 Å². The maximum atomic E-state index is 12.9. The van der Waals surface area contributed by atoms with E-state index in [1.54, 1.807) is 15.9 Å². The van der Waals surface area contributed by atoms with Crippen LogP contribution in [0, 0.1) is 0 Å². The Morgan fingerprint density at radius 3 is 2.31 bits per heavy atom. The summed E-state index contributed by atoms with van der Waals surface area (Å²) in [5.74, 6) is -0.218. The van der Waals surface area contributed by atoms with E-state index in [0.717, 1.165) is 0 Å². The lowest BCUT2D eigenvalue weighted by molar-refractivity contribution is -0.115. The van der Waals surface area contributed by atoms with Gasteiger partial charge in [-0.15, -0.1) is 0 Å². The van der Waals surface area contributed by atoms with E-state index in [1.165, 1.54) is 4.90 Å². The molecule has 0 radical (unpaired) electrons. The molecule has 26 heavy (non-hydrogen) atoms. The van der Waals surface area contributed by atoms with Crippen LogP contribution >= 0.6 is 0 Å². The van der Waals surface area contributed by atoms with E-state index in [1.807, 2.05) is 39.0 Å². The van der Waals surface area contributed by atoms with Gasteiger partial charge in [0.25, 0.3) is 0 Å². The zero-order chi connectivity index (χ0) is 18.9. The molecule has 1 fully saturated rings. The molecule has 1 aromatic carbocycles. The SMILES string of the molecule is CC(C)(C)OC(=O)N1CCN(C(=O)N2CC(=O)Nc3ccccc32)CC1. The van der Waals surface area contributed by atoms with Crippen LogP contribution in [0.4, 0.5) is 21.0 Å². The third kappa shape index (κ3) is 3.89. The molecule has 4 amide bonds. The quantitative estimate of drug-likeness (QED) is 0.768. The number of benzene rings is 1. The largest absolute Gasteiger partial charge is 0.444 e. The van der Waals surface area contributed by atoms with E-state index < -0.39 is 5.60 Å². The average Bonchev–Trinajstić information content (AvgIpc) is 2.59. The number of amides is 4. The highest BCUT2D eigenvalue weighted by atomic mass is 16.6. The van der Waals surface area contributed by atoms with Gasteiger partial charge in [0.05, 0.1) is 11.4 Å². The molecular formula is C18H24N4O4. The van der Waals surface area contributed by atoms with Crippen molar-refractivity contribution in [1.29, 1.82) is 0 Å². The van der Waals surface area contributed by atoms with E-state index in [-0.39, 0.29) is 24.6 Å². The van der Waals surface area contributed by atoms with Crippen molar-refractivity contribution in [2.24, 2.45) is 0 Å². The summed E-state index contributed by atoms with van der Waals surface area (Å²) in [6, 6.07) is 7.00.